The average molecular weight is 320 g/mol. The van der Waals surface area contributed by atoms with Gasteiger partial charge in [0, 0.05) is 31.7 Å². The summed E-state index contributed by atoms with van der Waals surface area (Å²) in [5.74, 6) is 0.788. The van der Waals surface area contributed by atoms with Crippen molar-refractivity contribution in [2.45, 2.75) is 20.8 Å². The van der Waals surface area contributed by atoms with Crippen molar-refractivity contribution in [3.05, 3.63) is 29.3 Å². The Morgan fingerprint density at radius 3 is 2.26 bits per heavy atom. The Labute approximate surface area is 137 Å². The molecule has 1 aliphatic rings. The summed E-state index contributed by atoms with van der Waals surface area (Å²) >= 11 is 0. The van der Waals surface area contributed by atoms with E-state index in [1.54, 1.807) is 22.8 Å². The SMILES string of the molecule is CCOC(=O)N1CCN(C(=O)c2ccc(OCC)c(C)c2)CC1. The highest BCUT2D eigenvalue weighted by Crippen LogP contribution is 2.20. The van der Waals surface area contributed by atoms with Gasteiger partial charge in [0.05, 0.1) is 13.2 Å². The van der Waals surface area contributed by atoms with Gasteiger partial charge < -0.3 is 19.3 Å². The lowest BCUT2D eigenvalue weighted by Gasteiger charge is -2.34. The molecule has 0 saturated carbocycles. The molecule has 0 radical (unpaired) electrons. The normalized spacial score (nSPS) is 14.6. The van der Waals surface area contributed by atoms with Crippen molar-refractivity contribution >= 4 is 12.0 Å². The molecule has 1 heterocycles. The highest BCUT2D eigenvalue weighted by Gasteiger charge is 2.25. The second-order valence-electron chi connectivity index (χ2n) is 5.39. The van der Waals surface area contributed by atoms with Crippen molar-refractivity contribution in [3.63, 3.8) is 0 Å². The second-order valence-corrected chi connectivity index (χ2v) is 5.39. The number of benzene rings is 1. The van der Waals surface area contributed by atoms with Crippen molar-refractivity contribution in [2.75, 3.05) is 39.4 Å². The Hall–Kier alpha value is -2.24. The van der Waals surface area contributed by atoms with Crippen molar-refractivity contribution in [3.8, 4) is 5.75 Å². The molecule has 0 unspecified atom stereocenters. The third-order valence-corrected chi connectivity index (χ3v) is 3.81. The summed E-state index contributed by atoms with van der Waals surface area (Å²) in [5.41, 5.74) is 1.60. The summed E-state index contributed by atoms with van der Waals surface area (Å²) in [6, 6.07) is 5.48. The van der Waals surface area contributed by atoms with Gasteiger partial charge in [-0.1, -0.05) is 0 Å². The van der Waals surface area contributed by atoms with Crippen LogP contribution in [0.1, 0.15) is 29.8 Å². The standard InChI is InChI=1S/C17H24N2O4/c1-4-22-15-7-6-14(12-13(15)3)16(20)18-8-10-19(11-9-18)17(21)23-5-2/h6-7,12H,4-5,8-11H2,1-3H3. The van der Waals surface area contributed by atoms with E-state index < -0.39 is 0 Å². The van der Waals surface area contributed by atoms with Crippen LogP contribution >= 0.6 is 0 Å². The first-order valence-corrected chi connectivity index (χ1v) is 8.01. The van der Waals surface area contributed by atoms with Gasteiger partial charge in [-0.3, -0.25) is 4.79 Å². The Bertz CT molecular complexity index is 566. The number of carbonyl (C=O) groups is 2. The molecule has 1 aromatic rings. The minimum Gasteiger partial charge on any atom is -0.494 e. The monoisotopic (exact) mass is 320 g/mol. The first-order chi connectivity index (χ1) is 11.1. The van der Waals surface area contributed by atoms with Gasteiger partial charge in [-0.2, -0.15) is 0 Å². The molecule has 0 bridgehead atoms. The molecular formula is C17H24N2O4. The van der Waals surface area contributed by atoms with Crippen LogP contribution in [0.4, 0.5) is 4.79 Å². The maximum Gasteiger partial charge on any atom is 0.409 e. The van der Waals surface area contributed by atoms with E-state index in [4.69, 9.17) is 9.47 Å². The molecule has 126 valence electrons. The largest absolute Gasteiger partial charge is 0.494 e. The van der Waals surface area contributed by atoms with Crippen LogP contribution in [0.2, 0.25) is 0 Å². The van der Waals surface area contributed by atoms with E-state index in [1.807, 2.05) is 26.0 Å². The first kappa shape index (κ1) is 17.1. The summed E-state index contributed by atoms with van der Waals surface area (Å²) in [6.07, 6.45) is -0.309. The van der Waals surface area contributed by atoms with Crippen LogP contribution in [0.5, 0.6) is 5.75 Å². The molecule has 0 atom stereocenters. The Morgan fingerprint density at radius 2 is 1.70 bits per heavy atom. The molecular weight excluding hydrogens is 296 g/mol. The zero-order valence-electron chi connectivity index (χ0n) is 14.0. The van der Waals surface area contributed by atoms with Gasteiger partial charge in [-0.15, -0.1) is 0 Å². The van der Waals surface area contributed by atoms with E-state index in [0.29, 0.717) is 45.0 Å². The van der Waals surface area contributed by atoms with E-state index in [-0.39, 0.29) is 12.0 Å². The number of ether oxygens (including phenoxy) is 2. The van der Waals surface area contributed by atoms with Crippen LogP contribution in [0, 0.1) is 6.92 Å². The summed E-state index contributed by atoms with van der Waals surface area (Å²) < 4.78 is 10.5. The second kappa shape index (κ2) is 7.85. The van der Waals surface area contributed by atoms with Crippen molar-refractivity contribution in [1.29, 1.82) is 0 Å². The molecule has 0 aromatic heterocycles. The zero-order chi connectivity index (χ0) is 16.8. The third-order valence-electron chi connectivity index (χ3n) is 3.81. The van der Waals surface area contributed by atoms with Crippen molar-refractivity contribution in [2.24, 2.45) is 0 Å². The minimum absolute atomic E-state index is 0.0142. The van der Waals surface area contributed by atoms with Crippen molar-refractivity contribution < 1.29 is 19.1 Å². The van der Waals surface area contributed by atoms with Gasteiger partial charge in [-0.05, 0) is 44.5 Å². The molecule has 23 heavy (non-hydrogen) atoms. The topological polar surface area (TPSA) is 59.1 Å². The lowest BCUT2D eigenvalue weighted by atomic mass is 10.1. The van der Waals surface area contributed by atoms with Gasteiger partial charge >= 0.3 is 6.09 Å². The number of amides is 2. The smallest absolute Gasteiger partial charge is 0.409 e. The van der Waals surface area contributed by atoms with E-state index >= 15 is 0 Å². The quantitative estimate of drug-likeness (QED) is 0.854. The van der Waals surface area contributed by atoms with Crippen LogP contribution < -0.4 is 4.74 Å². The minimum atomic E-state index is -0.309. The van der Waals surface area contributed by atoms with Crippen LogP contribution in [0.3, 0.4) is 0 Å². The fourth-order valence-corrected chi connectivity index (χ4v) is 2.59. The van der Waals surface area contributed by atoms with E-state index in [1.165, 1.54) is 0 Å². The molecule has 2 amide bonds. The molecule has 0 N–H and O–H groups in total. The molecule has 1 saturated heterocycles. The summed E-state index contributed by atoms with van der Waals surface area (Å²) in [6.45, 7) is 8.65. The molecule has 0 spiro atoms. The summed E-state index contributed by atoms with van der Waals surface area (Å²) in [7, 11) is 0. The number of hydrogen-bond donors (Lipinski definition) is 0. The number of nitrogens with zero attached hydrogens (tertiary/aromatic N) is 2. The number of aryl methyl sites for hydroxylation is 1. The molecule has 1 fully saturated rings. The molecule has 6 heteroatoms. The fraction of sp³-hybridized carbons (Fsp3) is 0.529. The van der Waals surface area contributed by atoms with Crippen LogP contribution in [0.25, 0.3) is 0 Å². The van der Waals surface area contributed by atoms with Gasteiger partial charge in [0.25, 0.3) is 5.91 Å². The predicted octanol–water partition coefficient (Wildman–Crippen LogP) is 2.31. The Balaban J connectivity index is 1.97. The molecule has 1 aliphatic heterocycles. The van der Waals surface area contributed by atoms with Gasteiger partial charge in [0.1, 0.15) is 5.75 Å². The first-order valence-electron chi connectivity index (χ1n) is 8.01. The summed E-state index contributed by atoms with van der Waals surface area (Å²) in [4.78, 5) is 27.7. The number of piperazine rings is 1. The predicted molar refractivity (Wildman–Crippen MR) is 86.8 cm³/mol. The third kappa shape index (κ3) is 4.15. The van der Waals surface area contributed by atoms with Gasteiger partial charge in [0.2, 0.25) is 0 Å². The van der Waals surface area contributed by atoms with Crippen LogP contribution in [-0.4, -0.2) is 61.2 Å². The highest BCUT2D eigenvalue weighted by molar-refractivity contribution is 5.94. The molecule has 1 aromatic carbocycles. The summed E-state index contributed by atoms with van der Waals surface area (Å²) in [5, 5.41) is 0. The number of carbonyl (C=O) groups excluding carboxylic acids is 2. The van der Waals surface area contributed by atoms with E-state index in [9.17, 15) is 9.59 Å². The van der Waals surface area contributed by atoms with E-state index in [0.717, 1.165) is 11.3 Å². The van der Waals surface area contributed by atoms with E-state index in [2.05, 4.69) is 0 Å². The number of hydrogen-bond acceptors (Lipinski definition) is 4. The van der Waals surface area contributed by atoms with Gasteiger partial charge in [0.15, 0.2) is 0 Å². The van der Waals surface area contributed by atoms with Crippen LogP contribution in [-0.2, 0) is 4.74 Å². The van der Waals surface area contributed by atoms with Gasteiger partial charge in [-0.25, -0.2) is 4.79 Å². The Morgan fingerprint density at radius 1 is 1.04 bits per heavy atom. The Kier molecular flexibility index (Phi) is 5.84. The van der Waals surface area contributed by atoms with Crippen molar-refractivity contribution in [1.82, 2.24) is 9.80 Å². The van der Waals surface area contributed by atoms with Crippen LogP contribution in [0.15, 0.2) is 18.2 Å². The lowest BCUT2D eigenvalue weighted by Crippen LogP contribution is -2.50. The highest BCUT2D eigenvalue weighted by atomic mass is 16.6. The number of rotatable bonds is 4. The maximum atomic E-state index is 12.6. The average Bonchev–Trinajstić information content (AvgIpc) is 2.56. The molecule has 0 aliphatic carbocycles. The lowest BCUT2D eigenvalue weighted by molar-refractivity contribution is 0.0570. The molecule has 2 rings (SSSR count). The molecule has 6 nitrogen and oxygen atoms in total. The maximum absolute atomic E-state index is 12.6. The zero-order valence-corrected chi connectivity index (χ0v) is 14.0. The fourth-order valence-electron chi connectivity index (χ4n) is 2.59.